The topological polar surface area (TPSA) is 57.6 Å². The van der Waals surface area contributed by atoms with Crippen molar-refractivity contribution in [2.45, 2.75) is 31.8 Å². The number of nitrogens with zero attached hydrogens (tertiary/aromatic N) is 1. The molecule has 0 bridgehead atoms. The summed E-state index contributed by atoms with van der Waals surface area (Å²) in [5.41, 5.74) is 0.967. The summed E-state index contributed by atoms with van der Waals surface area (Å²) in [6.07, 6.45) is 1.67. The third-order valence-electron chi connectivity index (χ3n) is 3.05. The van der Waals surface area contributed by atoms with Crippen LogP contribution in [-0.2, 0) is 16.1 Å². The highest BCUT2D eigenvalue weighted by Crippen LogP contribution is 2.20. The Bertz CT molecular complexity index is 416. The first-order valence-corrected chi connectivity index (χ1v) is 5.74. The van der Waals surface area contributed by atoms with E-state index in [1.165, 1.54) is 4.90 Å². The maximum absolute atomic E-state index is 11.8. The third-order valence-corrected chi connectivity index (χ3v) is 3.05. The van der Waals surface area contributed by atoms with Crippen LogP contribution in [0.15, 0.2) is 30.3 Å². The predicted octanol–water partition coefficient (Wildman–Crippen LogP) is 1.65. The highest BCUT2D eigenvalue weighted by molar-refractivity contribution is 5.84. The average molecular weight is 233 g/mol. The van der Waals surface area contributed by atoms with Crippen molar-refractivity contribution < 1.29 is 14.7 Å². The zero-order valence-electron chi connectivity index (χ0n) is 9.50. The second kappa shape index (κ2) is 4.99. The molecule has 0 aromatic heterocycles. The molecule has 1 aromatic carbocycles. The quantitative estimate of drug-likeness (QED) is 0.863. The SMILES string of the molecule is O=C(O)[C@H]1CCCC(=O)N1Cc1ccccc1. The maximum Gasteiger partial charge on any atom is 0.326 e. The van der Waals surface area contributed by atoms with Gasteiger partial charge in [0.2, 0.25) is 5.91 Å². The summed E-state index contributed by atoms with van der Waals surface area (Å²) in [7, 11) is 0. The van der Waals surface area contributed by atoms with E-state index in [0.29, 0.717) is 25.8 Å². The molecule has 0 aliphatic carbocycles. The number of amides is 1. The Kier molecular flexibility index (Phi) is 3.42. The van der Waals surface area contributed by atoms with E-state index in [4.69, 9.17) is 5.11 Å². The molecule has 1 heterocycles. The molecule has 1 amide bonds. The van der Waals surface area contributed by atoms with Gasteiger partial charge in [-0.15, -0.1) is 0 Å². The number of carbonyl (C=O) groups is 2. The number of hydrogen-bond donors (Lipinski definition) is 1. The molecule has 1 fully saturated rings. The van der Waals surface area contributed by atoms with Crippen LogP contribution in [0.1, 0.15) is 24.8 Å². The van der Waals surface area contributed by atoms with Crippen molar-refractivity contribution >= 4 is 11.9 Å². The standard InChI is InChI=1S/C13H15NO3/c15-12-8-4-7-11(13(16)17)14(12)9-10-5-2-1-3-6-10/h1-3,5-6,11H,4,7-9H2,(H,16,17)/t11-/m1/s1. The van der Waals surface area contributed by atoms with Crippen molar-refractivity contribution in [2.75, 3.05) is 0 Å². The molecule has 4 heteroatoms. The molecule has 1 aromatic rings. The highest BCUT2D eigenvalue weighted by Gasteiger charge is 2.32. The molecule has 1 aliphatic heterocycles. The molecular weight excluding hydrogens is 218 g/mol. The largest absolute Gasteiger partial charge is 0.480 e. The van der Waals surface area contributed by atoms with Crippen molar-refractivity contribution in [2.24, 2.45) is 0 Å². The van der Waals surface area contributed by atoms with Crippen LogP contribution in [0.4, 0.5) is 0 Å². The maximum atomic E-state index is 11.8. The minimum absolute atomic E-state index is 0.0625. The van der Waals surface area contributed by atoms with Crippen LogP contribution in [-0.4, -0.2) is 27.9 Å². The molecule has 0 unspecified atom stereocenters. The van der Waals surface area contributed by atoms with Crippen LogP contribution in [0.25, 0.3) is 0 Å². The van der Waals surface area contributed by atoms with Gasteiger partial charge in [-0.2, -0.15) is 0 Å². The Labute approximate surface area is 99.9 Å². The van der Waals surface area contributed by atoms with Gasteiger partial charge in [-0.25, -0.2) is 4.79 Å². The third kappa shape index (κ3) is 2.64. The van der Waals surface area contributed by atoms with E-state index in [1.54, 1.807) is 0 Å². The molecule has 1 saturated heterocycles. The van der Waals surface area contributed by atoms with Crippen molar-refractivity contribution in [1.82, 2.24) is 4.90 Å². The van der Waals surface area contributed by atoms with Gasteiger partial charge < -0.3 is 10.0 Å². The second-order valence-corrected chi connectivity index (χ2v) is 4.25. The van der Waals surface area contributed by atoms with E-state index in [2.05, 4.69) is 0 Å². The van der Waals surface area contributed by atoms with E-state index in [-0.39, 0.29) is 5.91 Å². The molecule has 4 nitrogen and oxygen atoms in total. The zero-order valence-corrected chi connectivity index (χ0v) is 9.50. The monoisotopic (exact) mass is 233 g/mol. The molecule has 17 heavy (non-hydrogen) atoms. The van der Waals surface area contributed by atoms with Gasteiger partial charge in [0.25, 0.3) is 0 Å². The second-order valence-electron chi connectivity index (χ2n) is 4.25. The minimum atomic E-state index is -0.908. The van der Waals surface area contributed by atoms with Gasteiger partial charge in [0.05, 0.1) is 0 Å². The fourth-order valence-electron chi connectivity index (χ4n) is 2.16. The smallest absolute Gasteiger partial charge is 0.326 e. The molecule has 0 radical (unpaired) electrons. The molecule has 1 aliphatic rings. The van der Waals surface area contributed by atoms with Crippen LogP contribution in [0.2, 0.25) is 0 Å². The fourth-order valence-corrected chi connectivity index (χ4v) is 2.16. The van der Waals surface area contributed by atoms with Crippen LogP contribution >= 0.6 is 0 Å². The first kappa shape index (κ1) is 11.6. The normalized spacial score (nSPS) is 20.4. The lowest BCUT2D eigenvalue weighted by atomic mass is 10.0. The first-order chi connectivity index (χ1) is 8.18. The minimum Gasteiger partial charge on any atom is -0.480 e. The summed E-state index contributed by atoms with van der Waals surface area (Å²) >= 11 is 0. The number of carboxylic acid groups (broad SMARTS) is 1. The van der Waals surface area contributed by atoms with Gasteiger partial charge in [-0.3, -0.25) is 4.79 Å². The van der Waals surface area contributed by atoms with Crippen LogP contribution < -0.4 is 0 Å². The number of carboxylic acids is 1. The summed E-state index contributed by atoms with van der Waals surface area (Å²) < 4.78 is 0. The number of hydrogen-bond acceptors (Lipinski definition) is 2. The number of benzene rings is 1. The zero-order chi connectivity index (χ0) is 12.3. The van der Waals surface area contributed by atoms with Gasteiger partial charge in [-0.05, 0) is 18.4 Å². The van der Waals surface area contributed by atoms with Crippen molar-refractivity contribution in [3.8, 4) is 0 Å². The Morgan fingerprint density at radius 1 is 1.35 bits per heavy atom. The molecule has 0 saturated carbocycles. The van der Waals surface area contributed by atoms with Crippen molar-refractivity contribution in [3.63, 3.8) is 0 Å². The van der Waals surface area contributed by atoms with E-state index < -0.39 is 12.0 Å². The van der Waals surface area contributed by atoms with E-state index in [0.717, 1.165) is 5.56 Å². The molecule has 90 valence electrons. The van der Waals surface area contributed by atoms with Gasteiger partial charge in [0, 0.05) is 13.0 Å². The van der Waals surface area contributed by atoms with E-state index >= 15 is 0 Å². The van der Waals surface area contributed by atoms with Crippen molar-refractivity contribution in [1.29, 1.82) is 0 Å². The first-order valence-electron chi connectivity index (χ1n) is 5.74. The number of piperidine rings is 1. The summed E-state index contributed by atoms with van der Waals surface area (Å²) in [6.45, 7) is 0.386. The van der Waals surface area contributed by atoms with Gasteiger partial charge in [0.1, 0.15) is 6.04 Å². The molecule has 2 rings (SSSR count). The van der Waals surface area contributed by atoms with Crippen LogP contribution in [0.3, 0.4) is 0 Å². The summed E-state index contributed by atoms with van der Waals surface area (Å²) in [4.78, 5) is 24.4. The van der Waals surface area contributed by atoms with Gasteiger partial charge in [0.15, 0.2) is 0 Å². The summed E-state index contributed by atoms with van der Waals surface area (Å²) in [5.74, 6) is -0.971. The number of likely N-dealkylation sites (tertiary alicyclic amines) is 1. The lowest BCUT2D eigenvalue weighted by molar-refractivity contribution is -0.153. The van der Waals surface area contributed by atoms with Crippen LogP contribution in [0, 0.1) is 0 Å². The lowest BCUT2D eigenvalue weighted by Crippen LogP contribution is -2.47. The average Bonchev–Trinajstić information content (AvgIpc) is 2.33. The number of carbonyl (C=O) groups excluding carboxylic acids is 1. The Morgan fingerprint density at radius 3 is 2.71 bits per heavy atom. The van der Waals surface area contributed by atoms with E-state index in [1.807, 2.05) is 30.3 Å². The Morgan fingerprint density at radius 2 is 2.06 bits per heavy atom. The number of aliphatic carboxylic acids is 1. The summed E-state index contributed by atoms with van der Waals surface area (Å²) in [6, 6.07) is 8.81. The number of rotatable bonds is 3. The molecule has 1 N–H and O–H groups in total. The lowest BCUT2D eigenvalue weighted by Gasteiger charge is -2.32. The predicted molar refractivity (Wildman–Crippen MR) is 62.3 cm³/mol. The molecule has 1 atom stereocenters. The van der Waals surface area contributed by atoms with Gasteiger partial charge >= 0.3 is 5.97 Å². The van der Waals surface area contributed by atoms with Crippen molar-refractivity contribution in [3.05, 3.63) is 35.9 Å². The van der Waals surface area contributed by atoms with Gasteiger partial charge in [-0.1, -0.05) is 30.3 Å². The molecule has 0 spiro atoms. The highest BCUT2D eigenvalue weighted by atomic mass is 16.4. The van der Waals surface area contributed by atoms with E-state index in [9.17, 15) is 9.59 Å². The Balaban J connectivity index is 2.15. The molecular formula is C13H15NO3. The Hall–Kier alpha value is -1.84. The summed E-state index contributed by atoms with van der Waals surface area (Å²) in [5, 5.41) is 9.11. The van der Waals surface area contributed by atoms with Crippen LogP contribution in [0.5, 0.6) is 0 Å². The fraction of sp³-hybridized carbons (Fsp3) is 0.385.